The predicted molar refractivity (Wildman–Crippen MR) is 76.5 cm³/mol. The zero-order valence-electron chi connectivity index (χ0n) is 11.8. The van der Waals surface area contributed by atoms with Crippen molar-refractivity contribution in [2.24, 2.45) is 0 Å². The summed E-state index contributed by atoms with van der Waals surface area (Å²) in [5.41, 5.74) is 2.17. The molecule has 0 spiro atoms. The number of benzene rings is 1. The molecule has 0 radical (unpaired) electrons. The van der Waals surface area contributed by atoms with E-state index in [1.165, 1.54) is 4.90 Å². The summed E-state index contributed by atoms with van der Waals surface area (Å²) in [6.07, 6.45) is 3.52. The quantitative estimate of drug-likeness (QED) is 0.917. The summed E-state index contributed by atoms with van der Waals surface area (Å²) in [6.45, 7) is 2.62. The van der Waals surface area contributed by atoms with Gasteiger partial charge < -0.3 is 10.0 Å². The fourth-order valence-electron chi connectivity index (χ4n) is 2.83. The average Bonchev–Trinajstić information content (AvgIpc) is 2.47. The predicted octanol–water partition coefficient (Wildman–Crippen LogP) is 2.26. The third-order valence-corrected chi connectivity index (χ3v) is 3.95. The van der Waals surface area contributed by atoms with Crippen molar-refractivity contribution >= 4 is 11.9 Å². The molecule has 1 heterocycles. The van der Waals surface area contributed by atoms with Crippen molar-refractivity contribution in [1.29, 1.82) is 0 Å². The van der Waals surface area contributed by atoms with E-state index in [0.717, 1.165) is 30.4 Å². The Morgan fingerprint density at radius 2 is 1.95 bits per heavy atom. The van der Waals surface area contributed by atoms with Crippen LogP contribution in [0.25, 0.3) is 0 Å². The number of carboxylic acids is 1. The third-order valence-electron chi connectivity index (χ3n) is 3.95. The topological polar surface area (TPSA) is 57.6 Å². The lowest BCUT2D eigenvalue weighted by molar-refractivity contribution is -0.151. The van der Waals surface area contributed by atoms with E-state index in [2.05, 4.69) is 6.92 Å². The van der Waals surface area contributed by atoms with Crippen LogP contribution < -0.4 is 0 Å². The second-order valence-corrected chi connectivity index (χ2v) is 5.24. The van der Waals surface area contributed by atoms with Gasteiger partial charge in [0.1, 0.15) is 6.04 Å². The van der Waals surface area contributed by atoms with E-state index in [4.69, 9.17) is 0 Å². The fourth-order valence-corrected chi connectivity index (χ4v) is 2.83. The van der Waals surface area contributed by atoms with Gasteiger partial charge in [-0.05, 0) is 36.8 Å². The molecule has 2 rings (SSSR count). The number of carbonyl (C=O) groups is 2. The van der Waals surface area contributed by atoms with Crippen LogP contribution in [0.5, 0.6) is 0 Å². The van der Waals surface area contributed by atoms with E-state index in [1.54, 1.807) is 0 Å². The van der Waals surface area contributed by atoms with Crippen LogP contribution in [-0.2, 0) is 22.4 Å². The molecule has 1 fully saturated rings. The van der Waals surface area contributed by atoms with Crippen LogP contribution in [0.2, 0.25) is 0 Å². The van der Waals surface area contributed by atoms with Crippen molar-refractivity contribution in [1.82, 2.24) is 4.90 Å². The zero-order valence-corrected chi connectivity index (χ0v) is 11.8. The summed E-state index contributed by atoms with van der Waals surface area (Å²) < 4.78 is 0. The molecule has 108 valence electrons. The fraction of sp³-hybridized carbons (Fsp3) is 0.500. The highest BCUT2D eigenvalue weighted by Gasteiger charge is 2.31. The Hall–Kier alpha value is -1.84. The number of amides is 1. The van der Waals surface area contributed by atoms with Gasteiger partial charge in [-0.1, -0.05) is 31.2 Å². The molecule has 0 aromatic heterocycles. The van der Waals surface area contributed by atoms with Crippen LogP contribution in [0.4, 0.5) is 0 Å². The minimum atomic E-state index is -0.887. The van der Waals surface area contributed by atoms with Crippen molar-refractivity contribution in [3.8, 4) is 0 Å². The van der Waals surface area contributed by atoms with Crippen LogP contribution in [0.1, 0.15) is 37.3 Å². The van der Waals surface area contributed by atoms with Gasteiger partial charge in [0, 0.05) is 6.54 Å². The van der Waals surface area contributed by atoms with Gasteiger partial charge >= 0.3 is 5.97 Å². The molecule has 1 aromatic rings. The largest absolute Gasteiger partial charge is 0.480 e. The molecule has 1 aliphatic rings. The molecule has 1 aromatic carbocycles. The van der Waals surface area contributed by atoms with Crippen LogP contribution >= 0.6 is 0 Å². The Morgan fingerprint density at radius 3 is 2.60 bits per heavy atom. The number of rotatable bonds is 4. The van der Waals surface area contributed by atoms with Crippen molar-refractivity contribution in [2.75, 3.05) is 6.54 Å². The zero-order chi connectivity index (χ0) is 14.5. The first-order chi connectivity index (χ1) is 9.63. The van der Waals surface area contributed by atoms with Crippen LogP contribution in [-0.4, -0.2) is 34.5 Å². The highest BCUT2D eigenvalue weighted by molar-refractivity contribution is 5.85. The molecule has 1 atom stereocenters. The van der Waals surface area contributed by atoms with Crippen molar-refractivity contribution in [2.45, 2.75) is 45.1 Å². The highest BCUT2D eigenvalue weighted by atomic mass is 16.4. The van der Waals surface area contributed by atoms with Gasteiger partial charge in [-0.3, -0.25) is 4.79 Å². The molecule has 1 saturated heterocycles. The maximum atomic E-state index is 12.4. The molecule has 4 nitrogen and oxygen atoms in total. The SMILES string of the molecule is CCc1ccccc1CC(=O)N1CCCC[C@@H]1C(=O)O. The van der Waals surface area contributed by atoms with Gasteiger partial charge in [0.05, 0.1) is 6.42 Å². The summed E-state index contributed by atoms with van der Waals surface area (Å²) in [5, 5.41) is 9.23. The number of hydrogen-bond donors (Lipinski definition) is 1. The van der Waals surface area contributed by atoms with Gasteiger partial charge in [-0.2, -0.15) is 0 Å². The minimum absolute atomic E-state index is 0.0713. The minimum Gasteiger partial charge on any atom is -0.480 e. The van der Waals surface area contributed by atoms with Gasteiger partial charge in [0.2, 0.25) is 5.91 Å². The molecule has 0 aliphatic carbocycles. The van der Waals surface area contributed by atoms with E-state index in [0.29, 0.717) is 19.4 Å². The molecule has 4 heteroatoms. The second kappa shape index (κ2) is 6.55. The lowest BCUT2D eigenvalue weighted by Crippen LogP contribution is -2.48. The summed E-state index contributed by atoms with van der Waals surface area (Å²) in [7, 11) is 0. The lowest BCUT2D eigenvalue weighted by Gasteiger charge is -2.33. The Morgan fingerprint density at radius 1 is 1.25 bits per heavy atom. The molecule has 0 saturated carbocycles. The van der Waals surface area contributed by atoms with Crippen molar-refractivity contribution in [3.63, 3.8) is 0 Å². The molecule has 0 unspecified atom stereocenters. The molecule has 20 heavy (non-hydrogen) atoms. The molecule has 1 N–H and O–H groups in total. The van der Waals surface area contributed by atoms with Crippen LogP contribution in [0, 0.1) is 0 Å². The standard InChI is InChI=1S/C16H21NO3/c1-2-12-7-3-4-8-13(12)11-15(18)17-10-6-5-9-14(17)16(19)20/h3-4,7-8,14H,2,5-6,9-11H2,1H3,(H,19,20)/t14-/m1/s1. The maximum Gasteiger partial charge on any atom is 0.326 e. The van der Waals surface area contributed by atoms with Crippen molar-refractivity contribution in [3.05, 3.63) is 35.4 Å². The van der Waals surface area contributed by atoms with Gasteiger partial charge in [-0.25, -0.2) is 4.79 Å². The summed E-state index contributed by atoms with van der Waals surface area (Å²) in [4.78, 5) is 25.2. The Kier molecular flexibility index (Phi) is 4.77. The number of aryl methyl sites for hydroxylation is 1. The average molecular weight is 275 g/mol. The second-order valence-electron chi connectivity index (χ2n) is 5.24. The van der Waals surface area contributed by atoms with E-state index in [1.807, 2.05) is 24.3 Å². The van der Waals surface area contributed by atoms with Crippen LogP contribution in [0.3, 0.4) is 0 Å². The number of aliphatic carboxylic acids is 1. The summed E-state index contributed by atoms with van der Waals surface area (Å²) in [6, 6.07) is 7.22. The monoisotopic (exact) mass is 275 g/mol. The third kappa shape index (κ3) is 3.18. The van der Waals surface area contributed by atoms with E-state index in [-0.39, 0.29) is 5.91 Å². The number of likely N-dealkylation sites (tertiary alicyclic amines) is 1. The molecule has 1 amide bonds. The molecular weight excluding hydrogens is 254 g/mol. The van der Waals surface area contributed by atoms with E-state index in [9.17, 15) is 14.7 Å². The smallest absolute Gasteiger partial charge is 0.326 e. The van der Waals surface area contributed by atoms with Gasteiger partial charge in [0.25, 0.3) is 0 Å². The molecule has 1 aliphatic heterocycles. The normalized spacial score (nSPS) is 18.9. The summed E-state index contributed by atoms with van der Waals surface area (Å²) >= 11 is 0. The van der Waals surface area contributed by atoms with E-state index >= 15 is 0 Å². The first-order valence-corrected chi connectivity index (χ1v) is 7.22. The van der Waals surface area contributed by atoms with Crippen LogP contribution in [0.15, 0.2) is 24.3 Å². The van der Waals surface area contributed by atoms with E-state index < -0.39 is 12.0 Å². The van der Waals surface area contributed by atoms with Gasteiger partial charge in [0.15, 0.2) is 0 Å². The Labute approximate surface area is 119 Å². The number of carboxylic acid groups (broad SMARTS) is 1. The summed E-state index contributed by atoms with van der Waals surface area (Å²) in [5.74, 6) is -0.958. The maximum absolute atomic E-state index is 12.4. The Bertz CT molecular complexity index is 498. The number of nitrogens with zero attached hydrogens (tertiary/aromatic N) is 1. The van der Waals surface area contributed by atoms with Gasteiger partial charge in [-0.15, -0.1) is 0 Å². The number of hydrogen-bond acceptors (Lipinski definition) is 2. The lowest BCUT2D eigenvalue weighted by atomic mass is 9.98. The number of carbonyl (C=O) groups excluding carboxylic acids is 1. The first-order valence-electron chi connectivity index (χ1n) is 7.22. The van der Waals surface area contributed by atoms with Crippen molar-refractivity contribution < 1.29 is 14.7 Å². The number of piperidine rings is 1. The molecule has 0 bridgehead atoms. The molecular formula is C16H21NO3. The Balaban J connectivity index is 2.12. The highest BCUT2D eigenvalue weighted by Crippen LogP contribution is 2.19. The first kappa shape index (κ1) is 14.6.